The van der Waals surface area contributed by atoms with Gasteiger partial charge >= 0.3 is 0 Å². The molecule has 0 aliphatic heterocycles. The maximum absolute atomic E-state index is 12.0. The number of halogens is 2. The molecule has 1 N–H and O–H groups in total. The lowest BCUT2D eigenvalue weighted by molar-refractivity contribution is -0.124. The van der Waals surface area contributed by atoms with Gasteiger partial charge in [0.15, 0.2) is 0 Å². The first-order chi connectivity index (χ1) is 7.05. The molecule has 1 rings (SSSR count). The number of allylic oxidation sites excluding steroid dienone is 1. The minimum absolute atomic E-state index is 0.0285. The van der Waals surface area contributed by atoms with Crippen molar-refractivity contribution in [3.05, 3.63) is 10.6 Å². The van der Waals surface area contributed by atoms with Crippen molar-refractivity contribution in [2.24, 2.45) is 17.3 Å². The maximum atomic E-state index is 12.0. The Kier molecular flexibility index (Phi) is 3.66. The second-order valence-corrected chi connectivity index (χ2v) is 7.03. The summed E-state index contributed by atoms with van der Waals surface area (Å²) < 4.78 is 0.240. The molecule has 1 aliphatic carbocycles. The molecular formula is C12H19Cl2NO. The van der Waals surface area contributed by atoms with Crippen LogP contribution < -0.4 is 5.32 Å². The van der Waals surface area contributed by atoms with Gasteiger partial charge < -0.3 is 5.32 Å². The highest BCUT2D eigenvalue weighted by Gasteiger charge is 2.60. The number of amides is 1. The summed E-state index contributed by atoms with van der Waals surface area (Å²) in [6, 6.07) is 0. The Bertz CT molecular complexity index is 324. The van der Waals surface area contributed by atoms with Gasteiger partial charge in [0, 0.05) is 5.54 Å². The Morgan fingerprint density at radius 3 is 2.19 bits per heavy atom. The zero-order valence-electron chi connectivity index (χ0n) is 10.4. The van der Waals surface area contributed by atoms with E-state index >= 15 is 0 Å². The molecule has 0 radical (unpaired) electrons. The smallest absolute Gasteiger partial charge is 0.224 e. The first-order valence-corrected chi connectivity index (χ1v) is 6.16. The summed E-state index contributed by atoms with van der Waals surface area (Å²) in [4.78, 5) is 12.0. The third-order valence-electron chi connectivity index (χ3n) is 3.00. The normalized spacial score (nSPS) is 27.2. The van der Waals surface area contributed by atoms with Gasteiger partial charge in [-0.2, -0.15) is 0 Å². The van der Waals surface area contributed by atoms with Crippen LogP contribution in [-0.2, 0) is 4.79 Å². The fourth-order valence-corrected chi connectivity index (χ4v) is 2.34. The predicted molar refractivity (Wildman–Crippen MR) is 68.4 cm³/mol. The van der Waals surface area contributed by atoms with E-state index in [0.29, 0.717) is 0 Å². The van der Waals surface area contributed by atoms with Crippen molar-refractivity contribution >= 4 is 29.1 Å². The average molecular weight is 264 g/mol. The second kappa shape index (κ2) is 4.23. The molecule has 4 heteroatoms. The first kappa shape index (κ1) is 13.9. The largest absolute Gasteiger partial charge is 0.351 e. The van der Waals surface area contributed by atoms with Gasteiger partial charge in [-0.3, -0.25) is 4.79 Å². The van der Waals surface area contributed by atoms with Gasteiger partial charge in [0.25, 0.3) is 0 Å². The highest BCUT2D eigenvalue weighted by molar-refractivity contribution is 6.55. The fraction of sp³-hybridized carbons (Fsp3) is 0.750. The molecule has 0 heterocycles. The van der Waals surface area contributed by atoms with Gasteiger partial charge in [-0.1, -0.05) is 37.0 Å². The van der Waals surface area contributed by atoms with E-state index in [0.717, 1.165) is 0 Å². The molecule has 1 aliphatic rings. The number of nitrogens with one attached hydrogen (secondary N) is 1. The summed E-state index contributed by atoms with van der Waals surface area (Å²) in [5.74, 6) is 0.187. The summed E-state index contributed by atoms with van der Waals surface area (Å²) in [6.45, 7) is 10.0. The lowest BCUT2D eigenvalue weighted by Gasteiger charge is -2.21. The van der Waals surface area contributed by atoms with Crippen LogP contribution in [0.15, 0.2) is 10.6 Å². The molecule has 16 heavy (non-hydrogen) atoms. The molecule has 1 saturated carbocycles. The van der Waals surface area contributed by atoms with Crippen molar-refractivity contribution < 1.29 is 4.79 Å². The third kappa shape index (κ3) is 3.14. The SMILES string of the molecule is CC(C)(C)NC(=O)[C@H]1[C@H](C=C(Cl)Cl)C1(C)C. The van der Waals surface area contributed by atoms with E-state index in [1.807, 2.05) is 20.8 Å². The van der Waals surface area contributed by atoms with Crippen LogP contribution in [0.2, 0.25) is 0 Å². The standard InChI is InChI=1S/C12H19Cl2NO/c1-11(2,3)15-10(16)9-7(6-8(13)14)12(9,4)5/h6-7,9H,1-5H3,(H,15,16)/t7-,9+/m0/s1. The topological polar surface area (TPSA) is 29.1 Å². The highest BCUT2D eigenvalue weighted by Crippen LogP contribution is 2.59. The molecule has 1 amide bonds. The van der Waals surface area contributed by atoms with E-state index in [2.05, 4.69) is 19.2 Å². The first-order valence-electron chi connectivity index (χ1n) is 5.40. The molecule has 0 aromatic heterocycles. The summed E-state index contributed by atoms with van der Waals surface area (Å²) in [5.41, 5.74) is -0.251. The van der Waals surface area contributed by atoms with Crippen LogP contribution in [0.3, 0.4) is 0 Å². The monoisotopic (exact) mass is 263 g/mol. The van der Waals surface area contributed by atoms with Crippen molar-refractivity contribution in [2.75, 3.05) is 0 Å². The van der Waals surface area contributed by atoms with Gasteiger partial charge in [0.05, 0.1) is 5.92 Å². The maximum Gasteiger partial charge on any atom is 0.224 e. The number of hydrogen-bond donors (Lipinski definition) is 1. The zero-order chi connectivity index (χ0) is 12.7. The van der Waals surface area contributed by atoms with Gasteiger partial charge in [-0.05, 0) is 38.2 Å². The molecule has 0 bridgehead atoms. The Morgan fingerprint density at radius 2 is 1.81 bits per heavy atom. The van der Waals surface area contributed by atoms with Gasteiger partial charge in [-0.25, -0.2) is 0 Å². The summed E-state index contributed by atoms with van der Waals surface area (Å²) in [6.07, 6.45) is 1.76. The summed E-state index contributed by atoms with van der Waals surface area (Å²) in [5, 5.41) is 2.99. The average Bonchev–Trinajstić information content (AvgIpc) is 2.47. The molecule has 0 spiro atoms. The quantitative estimate of drug-likeness (QED) is 0.812. The Hall–Kier alpha value is -0.210. The van der Waals surface area contributed by atoms with E-state index in [1.165, 1.54) is 0 Å². The van der Waals surface area contributed by atoms with Gasteiger partial charge in [-0.15, -0.1) is 0 Å². The highest BCUT2D eigenvalue weighted by atomic mass is 35.5. The van der Waals surface area contributed by atoms with Crippen molar-refractivity contribution in [3.8, 4) is 0 Å². The number of hydrogen-bond acceptors (Lipinski definition) is 1. The molecule has 0 aromatic rings. The lowest BCUT2D eigenvalue weighted by atomic mass is 10.1. The van der Waals surface area contributed by atoms with Crippen LogP contribution in [-0.4, -0.2) is 11.4 Å². The number of rotatable bonds is 2. The van der Waals surface area contributed by atoms with E-state index in [9.17, 15) is 4.79 Å². The molecule has 0 aromatic carbocycles. The fourth-order valence-electron chi connectivity index (χ4n) is 2.07. The number of carbonyl (C=O) groups is 1. The number of carbonyl (C=O) groups excluding carboxylic acids is 1. The van der Waals surface area contributed by atoms with Crippen molar-refractivity contribution in [2.45, 2.75) is 40.2 Å². The van der Waals surface area contributed by atoms with E-state index in [4.69, 9.17) is 23.2 Å². The van der Waals surface area contributed by atoms with Gasteiger partial charge in [0.1, 0.15) is 4.49 Å². The van der Waals surface area contributed by atoms with Crippen LogP contribution in [0.5, 0.6) is 0 Å². The second-order valence-electron chi connectivity index (χ2n) is 6.02. The predicted octanol–water partition coefficient (Wildman–Crippen LogP) is 3.49. The minimum atomic E-state index is -0.200. The molecule has 0 saturated heterocycles. The third-order valence-corrected chi connectivity index (χ3v) is 3.25. The molecule has 2 atom stereocenters. The van der Waals surface area contributed by atoms with E-state index in [-0.39, 0.29) is 33.2 Å². The minimum Gasteiger partial charge on any atom is -0.351 e. The van der Waals surface area contributed by atoms with Crippen molar-refractivity contribution in [1.82, 2.24) is 5.32 Å². The molecule has 92 valence electrons. The van der Waals surface area contributed by atoms with Crippen LogP contribution >= 0.6 is 23.2 Å². The summed E-state index contributed by atoms with van der Waals surface area (Å²) in [7, 11) is 0. The molecule has 2 nitrogen and oxygen atoms in total. The Balaban J connectivity index is 2.70. The Morgan fingerprint density at radius 1 is 1.31 bits per heavy atom. The van der Waals surface area contributed by atoms with Crippen LogP contribution in [0.4, 0.5) is 0 Å². The summed E-state index contributed by atoms with van der Waals surface area (Å²) >= 11 is 11.3. The van der Waals surface area contributed by atoms with E-state index in [1.54, 1.807) is 6.08 Å². The molecule has 1 fully saturated rings. The van der Waals surface area contributed by atoms with Crippen molar-refractivity contribution in [1.29, 1.82) is 0 Å². The zero-order valence-corrected chi connectivity index (χ0v) is 11.9. The van der Waals surface area contributed by atoms with E-state index < -0.39 is 0 Å². The molecular weight excluding hydrogens is 245 g/mol. The molecule has 0 unspecified atom stereocenters. The van der Waals surface area contributed by atoms with Crippen molar-refractivity contribution in [3.63, 3.8) is 0 Å². The van der Waals surface area contributed by atoms with Crippen LogP contribution in [0, 0.1) is 17.3 Å². The van der Waals surface area contributed by atoms with Crippen LogP contribution in [0.1, 0.15) is 34.6 Å². The van der Waals surface area contributed by atoms with Crippen LogP contribution in [0.25, 0.3) is 0 Å². The lowest BCUT2D eigenvalue weighted by Crippen LogP contribution is -2.42. The van der Waals surface area contributed by atoms with Gasteiger partial charge in [0.2, 0.25) is 5.91 Å². The Labute approximate surface area is 107 Å².